The van der Waals surface area contributed by atoms with E-state index in [0.717, 1.165) is 0 Å². The Morgan fingerprint density at radius 1 is 0.906 bits per heavy atom. The number of hydrogen-bond acceptors (Lipinski definition) is 7. The highest BCUT2D eigenvalue weighted by Gasteiger charge is 2.29. The van der Waals surface area contributed by atoms with Crippen molar-refractivity contribution >= 4 is 29.7 Å². The van der Waals surface area contributed by atoms with E-state index in [2.05, 4.69) is 16.0 Å². The Kier molecular flexibility index (Phi) is 10.8. The van der Waals surface area contributed by atoms with Crippen LogP contribution in [0.25, 0.3) is 0 Å². The number of benzene rings is 1. The van der Waals surface area contributed by atoms with E-state index in [0.29, 0.717) is 5.56 Å². The van der Waals surface area contributed by atoms with Gasteiger partial charge in [0.1, 0.15) is 18.1 Å². The van der Waals surface area contributed by atoms with Gasteiger partial charge in [0.2, 0.25) is 17.7 Å². The van der Waals surface area contributed by atoms with E-state index >= 15 is 0 Å². The number of hydrogen-bond donors (Lipinski definition) is 7. The summed E-state index contributed by atoms with van der Waals surface area (Å²) in [5.74, 6) is -4.92. The minimum Gasteiger partial charge on any atom is -0.481 e. The summed E-state index contributed by atoms with van der Waals surface area (Å²) < 4.78 is 0. The highest BCUT2D eigenvalue weighted by Crippen LogP contribution is 2.05. The largest absolute Gasteiger partial charge is 0.481 e. The molecule has 0 aromatic heterocycles. The molecule has 0 saturated heterocycles. The van der Waals surface area contributed by atoms with Crippen LogP contribution < -0.4 is 21.7 Å². The van der Waals surface area contributed by atoms with Crippen LogP contribution in [0.2, 0.25) is 0 Å². The van der Waals surface area contributed by atoms with Crippen molar-refractivity contribution in [2.45, 2.75) is 50.4 Å². The lowest BCUT2D eigenvalue weighted by Crippen LogP contribution is -2.58. The maximum Gasteiger partial charge on any atom is 0.325 e. The molecular formula is C20H28N4O8. The Morgan fingerprint density at radius 3 is 2.00 bits per heavy atom. The van der Waals surface area contributed by atoms with E-state index in [1.165, 1.54) is 6.92 Å². The van der Waals surface area contributed by atoms with Crippen LogP contribution in [0.3, 0.4) is 0 Å². The van der Waals surface area contributed by atoms with E-state index in [9.17, 15) is 29.1 Å². The van der Waals surface area contributed by atoms with Crippen LogP contribution in [0, 0.1) is 0 Å². The highest BCUT2D eigenvalue weighted by molar-refractivity contribution is 5.94. The number of rotatable bonds is 13. The molecule has 0 radical (unpaired) electrons. The average molecular weight is 452 g/mol. The summed E-state index contributed by atoms with van der Waals surface area (Å²) in [6.07, 6.45) is -0.506. The van der Waals surface area contributed by atoms with E-state index < -0.39 is 60.4 Å². The normalized spacial score (nSPS) is 14.3. The molecule has 0 aliphatic carbocycles. The third-order valence-corrected chi connectivity index (χ3v) is 4.47. The molecule has 4 atom stereocenters. The molecule has 0 heterocycles. The molecule has 12 nitrogen and oxygen atoms in total. The monoisotopic (exact) mass is 452 g/mol. The van der Waals surface area contributed by atoms with Gasteiger partial charge in [0, 0.05) is 12.8 Å². The molecule has 8 N–H and O–H groups in total. The Labute approximate surface area is 184 Å². The van der Waals surface area contributed by atoms with Gasteiger partial charge in [-0.1, -0.05) is 30.3 Å². The zero-order valence-electron chi connectivity index (χ0n) is 17.5. The van der Waals surface area contributed by atoms with Crippen molar-refractivity contribution in [2.24, 2.45) is 5.73 Å². The number of amides is 3. The highest BCUT2D eigenvalue weighted by atomic mass is 16.4. The number of aliphatic carboxylic acids is 2. The molecule has 0 aliphatic rings. The van der Waals surface area contributed by atoms with Gasteiger partial charge in [0.05, 0.1) is 12.6 Å². The fourth-order valence-corrected chi connectivity index (χ4v) is 2.59. The molecule has 0 spiro atoms. The van der Waals surface area contributed by atoms with Gasteiger partial charge in [0.15, 0.2) is 0 Å². The lowest BCUT2D eigenvalue weighted by atomic mass is 10.0. The maximum absolute atomic E-state index is 12.6. The second-order valence-electron chi connectivity index (χ2n) is 7.10. The Morgan fingerprint density at radius 2 is 1.47 bits per heavy atom. The summed E-state index contributed by atoms with van der Waals surface area (Å²) in [6, 6.07) is 3.54. The number of carboxylic acids is 2. The van der Waals surface area contributed by atoms with Crippen molar-refractivity contribution in [1.29, 1.82) is 0 Å². The lowest BCUT2D eigenvalue weighted by Gasteiger charge is -2.24. The molecular weight excluding hydrogens is 424 g/mol. The second kappa shape index (κ2) is 13.0. The summed E-state index contributed by atoms with van der Waals surface area (Å²) in [4.78, 5) is 58.9. The van der Waals surface area contributed by atoms with Gasteiger partial charge in [-0.15, -0.1) is 0 Å². The zero-order valence-corrected chi connectivity index (χ0v) is 17.5. The summed E-state index contributed by atoms with van der Waals surface area (Å²) in [5.41, 5.74) is 6.27. The van der Waals surface area contributed by atoms with E-state index in [4.69, 9.17) is 15.9 Å². The zero-order chi connectivity index (χ0) is 24.3. The number of carbonyl (C=O) groups is 5. The molecule has 1 aromatic carbocycles. The van der Waals surface area contributed by atoms with E-state index in [-0.39, 0.29) is 19.3 Å². The minimum absolute atomic E-state index is 0.0228. The van der Waals surface area contributed by atoms with Crippen molar-refractivity contribution in [2.75, 3.05) is 6.61 Å². The second-order valence-corrected chi connectivity index (χ2v) is 7.10. The number of carboxylic acid groups (broad SMARTS) is 2. The molecule has 3 amide bonds. The SMILES string of the molecule is CC(NC(=O)C(Cc1ccccc1)NC(=O)C(CO)NC(=O)C(N)CCC(=O)O)C(=O)O. The van der Waals surface area contributed by atoms with Gasteiger partial charge in [-0.25, -0.2) is 0 Å². The molecule has 0 fully saturated rings. The lowest BCUT2D eigenvalue weighted by molar-refractivity contribution is -0.142. The smallest absolute Gasteiger partial charge is 0.325 e. The van der Waals surface area contributed by atoms with Crippen molar-refractivity contribution in [3.8, 4) is 0 Å². The third-order valence-electron chi connectivity index (χ3n) is 4.47. The molecule has 12 heteroatoms. The first kappa shape index (κ1) is 26.5. The third kappa shape index (κ3) is 9.10. The predicted octanol–water partition coefficient (Wildman–Crippen LogP) is -2.03. The quantitative estimate of drug-likeness (QED) is 0.176. The fourth-order valence-electron chi connectivity index (χ4n) is 2.59. The van der Waals surface area contributed by atoms with Gasteiger partial charge in [-0.05, 0) is 18.9 Å². The summed E-state index contributed by atoms with van der Waals surface area (Å²) in [6.45, 7) is 0.450. The maximum atomic E-state index is 12.6. The van der Waals surface area contributed by atoms with Crippen LogP contribution >= 0.6 is 0 Å². The van der Waals surface area contributed by atoms with Gasteiger partial charge >= 0.3 is 11.9 Å². The van der Waals surface area contributed by atoms with Crippen LogP contribution in [-0.2, 0) is 30.4 Å². The van der Waals surface area contributed by atoms with Crippen LogP contribution in [0.15, 0.2) is 30.3 Å². The molecule has 4 unspecified atom stereocenters. The van der Waals surface area contributed by atoms with Crippen molar-refractivity contribution < 1.29 is 39.3 Å². The standard InChI is InChI=1S/C20H28N4O8/c1-11(20(31)32)22-18(29)14(9-12-5-3-2-4-6-12)23-19(30)15(10-25)24-17(28)13(21)7-8-16(26)27/h2-6,11,13-15,25H,7-10,21H2,1H3,(H,22,29)(H,23,30)(H,24,28)(H,26,27)(H,31,32). The summed E-state index contributed by atoms with van der Waals surface area (Å²) in [7, 11) is 0. The number of nitrogens with two attached hydrogens (primary N) is 1. The summed E-state index contributed by atoms with van der Waals surface area (Å²) in [5, 5.41) is 34.1. The van der Waals surface area contributed by atoms with Crippen LogP contribution in [0.1, 0.15) is 25.3 Å². The number of aliphatic hydroxyl groups is 1. The number of carbonyl (C=O) groups excluding carboxylic acids is 3. The molecule has 0 aliphatic heterocycles. The van der Waals surface area contributed by atoms with Crippen molar-refractivity contribution in [3.05, 3.63) is 35.9 Å². The molecule has 0 bridgehead atoms. The van der Waals surface area contributed by atoms with Gasteiger partial charge in [0.25, 0.3) is 0 Å². The predicted molar refractivity (Wildman–Crippen MR) is 111 cm³/mol. The van der Waals surface area contributed by atoms with Gasteiger partial charge in [-0.3, -0.25) is 24.0 Å². The number of aliphatic hydroxyl groups excluding tert-OH is 1. The Bertz CT molecular complexity index is 817. The summed E-state index contributed by atoms with van der Waals surface area (Å²) >= 11 is 0. The van der Waals surface area contributed by atoms with Crippen LogP contribution in [-0.4, -0.2) is 75.8 Å². The van der Waals surface area contributed by atoms with Crippen LogP contribution in [0.5, 0.6) is 0 Å². The Balaban J connectivity index is 2.89. The fraction of sp³-hybridized carbons (Fsp3) is 0.450. The molecule has 0 saturated carbocycles. The number of nitrogens with one attached hydrogen (secondary N) is 3. The average Bonchev–Trinajstić information content (AvgIpc) is 2.75. The van der Waals surface area contributed by atoms with Crippen LogP contribution in [0.4, 0.5) is 0 Å². The molecule has 1 rings (SSSR count). The first-order valence-electron chi connectivity index (χ1n) is 9.81. The molecule has 176 valence electrons. The molecule has 32 heavy (non-hydrogen) atoms. The minimum atomic E-state index is -1.46. The van der Waals surface area contributed by atoms with Gasteiger partial charge in [-0.2, -0.15) is 0 Å². The van der Waals surface area contributed by atoms with Gasteiger partial charge < -0.3 is 37.0 Å². The molecule has 1 aromatic rings. The van der Waals surface area contributed by atoms with E-state index in [1.54, 1.807) is 30.3 Å². The topological polar surface area (TPSA) is 208 Å². The first-order chi connectivity index (χ1) is 15.0. The van der Waals surface area contributed by atoms with E-state index in [1.807, 2.05) is 0 Å². The van der Waals surface area contributed by atoms with Crippen molar-refractivity contribution in [3.63, 3.8) is 0 Å². The first-order valence-corrected chi connectivity index (χ1v) is 9.81. The Hall–Kier alpha value is -3.51. The van der Waals surface area contributed by atoms with Crippen molar-refractivity contribution in [1.82, 2.24) is 16.0 Å².